The van der Waals surface area contributed by atoms with E-state index in [-0.39, 0.29) is 29.2 Å². The molecule has 0 radical (unpaired) electrons. The quantitative estimate of drug-likeness (QED) is 0.512. The van der Waals surface area contributed by atoms with Gasteiger partial charge in [0.1, 0.15) is 17.0 Å². The summed E-state index contributed by atoms with van der Waals surface area (Å²) in [5.74, 6) is -1.44. The van der Waals surface area contributed by atoms with E-state index in [0.717, 1.165) is 43.7 Å². The second kappa shape index (κ2) is 6.59. The summed E-state index contributed by atoms with van der Waals surface area (Å²) < 4.78 is 0. The van der Waals surface area contributed by atoms with E-state index in [1.54, 1.807) is 6.08 Å². The van der Waals surface area contributed by atoms with E-state index in [0.29, 0.717) is 17.8 Å². The number of hydrogen-bond acceptors (Lipinski definition) is 5. The number of carbonyl (C=O) groups is 3. The Kier molecular flexibility index (Phi) is 4.33. The molecular weight excluding hydrogens is 410 g/mol. The number of benzene rings is 1. The van der Waals surface area contributed by atoms with Crippen LogP contribution in [-0.2, 0) is 9.59 Å². The predicted molar refractivity (Wildman–Crippen MR) is 116 cm³/mol. The molecule has 1 spiro atoms. The standard InChI is InChI=1S/C25H29NO6/c1-23-10-13-9-14(23)11-25(12-23)8-5-17(28)24(2,21(13)25)7-6-18(29)26-19-16(27)4-3-15(20(19)30)22(31)32/h3-5,8,13-14,21,27,30H,6-7,9-12H2,1-2H3,(H,26,29)(H,31,32)/t13-,14+,21+,23+,24-,25+/m1/s1. The van der Waals surface area contributed by atoms with Crippen LogP contribution in [0.5, 0.6) is 11.5 Å². The number of hydrogen-bond donors (Lipinski definition) is 4. The number of nitrogens with one attached hydrogen (secondary N) is 1. The van der Waals surface area contributed by atoms with Crippen LogP contribution in [0.1, 0.15) is 62.7 Å². The van der Waals surface area contributed by atoms with Gasteiger partial charge in [-0.15, -0.1) is 0 Å². The SMILES string of the molecule is C[C@@]12C[C@H]3C[C@H]1C[C@@]1(C=CC(=O)[C@@](C)(CCC(=O)Nc4c(O)ccc(C(=O)O)c4O)[C@H]31)C2. The van der Waals surface area contributed by atoms with Gasteiger partial charge in [-0.25, -0.2) is 4.79 Å². The molecule has 0 aromatic heterocycles. The number of rotatable bonds is 5. The number of phenolic OH excluding ortho intramolecular Hbond substituents is 1. The Hall–Kier alpha value is -2.83. The highest BCUT2D eigenvalue weighted by atomic mass is 16.4. The van der Waals surface area contributed by atoms with E-state index in [9.17, 15) is 24.6 Å². The van der Waals surface area contributed by atoms with Gasteiger partial charge in [0.2, 0.25) is 5.91 Å². The molecule has 6 rings (SSSR count). The molecule has 4 saturated carbocycles. The Morgan fingerprint density at radius 2 is 1.94 bits per heavy atom. The molecule has 170 valence electrons. The second-order valence-electron chi connectivity index (χ2n) is 11.0. The zero-order valence-corrected chi connectivity index (χ0v) is 18.4. The number of carbonyl (C=O) groups excluding carboxylic acids is 2. The van der Waals surface area contributed by atoms with E-state index < -0.39 is 34.4 Å². The highest BCUT2D eigenvalue weighted by Gasteiger charge is 2.70. The average Bonchev–Trinajstić information content (AvgIpc) is 3.08. The lowest BCUT2D eigenvalue weighted by Gasteiger charge is -2.55. The van der Waals surface area contributed by atoms with Crippen molar-refractivity contribution >= 4 is 23.3 Å². The number of anilines is 1. The van der Waals surface area contributed by atoms with E-state index >= 15 is 0 Å². The molecule has 0 aliphatic heterocycles. The molecule has 32 heavy (non-hydrogen) atoms. The normalized spacial score (nSPS) is 38.7. The molecular formula is C25H29NO6. The molecule has 5 aliphatic rings. The minimum absolute atomic E-state index is 0.0340. The fourth-order valence-corrected chi connectivity index (χ4v) is 7.99. The Morgan fingerprint density at radius 3 is 2.62 bits per heavy atom. The van der Waals surface area contributed by atoms with E-state index in [2.05, 4.69) is 18.3 Å². The molecule has 7 heteroatoms. The van der Waals surface area contributed by atoms with Gasteiger partial charge in [0.05, 0.1) is 0 Å². The molecule has 6 atom stereocenters. The van der Waals surface area contributed by atoms with Gasteiger partial charge in [-0.1, -0.05) is 19.9 Å². The highest BCUT2D eigenvalue weighted by molar-refractivity contribution is 6.00. The minimum atomic E-state index is -1.37. The Balaban J connectivity index is 1.36. The second-order valence-corrected chi connectivity index (χ2v) is 11.0. The maximum absolute atomic E-state index is 13.1. The van der Waals surface area contributed by atoms with Crippen molar-refractivity contribution in [2.75, 3.05) is 5.32 Å². The van der Waals surface area contributed by atoms with Crippen molar-refractivity contribution in [1.82, 2.24) is 0 Å². The summed E-state index contributed by atoms with van der Waals surface area (Å²) in [5, 5.41) is 31.8. The van der Waals surface area contributed by atoms with Crippen molar-refractivity contribution in [2.24, 2.45) is 34.0 Å². The van der Waals surface area contributed by atoms with Crippen LogP contribution in [0.15, 0.2) is 24.3 Å². The van der Waals surface area contributed by atoms with E-state index in [1.165, 1.54) is 0 Å². The highest BCUT2D eigenvalue weighted by Crippen LogP contribution is 2.76. The number of ketones is 1. The lowest BCUT2D eigenvalue weighted by molar-refractivity contribution is -0.138. The molecule has 0 heterocycles. The van der Waals surface area contributed by atoms with Gasteiger partial charge < -0.3 is 20.6 Å². The molecule has 1 aromatic carbocycles. The van der Waals surface area contributed by atoms with Crippen molar-refractivity contribution in [3.05, 3.63) is 29.8 Å². The minimum Gasteiger partial charge on any atom is -0.506 e. The largest absolute Gasteiger partial charge is 0.506 e. The predicted octanol–water partition coefficient (Wildman–Crippen LogP) is 4.10. The van der Waals surface area contributed by atoms with E-state index in [1.807, 2.05) is 6.92 Å². The van der Waals surface area contributed by atoms with Gasteiger partial charge in [0.25, 0.3) is 0 Å². The smallest absolute Gasteiger partial charge is 0.339 e. The summed E-state index contributed by atoms with van der Waals surface area (Å²) in [6, 6.07) is 2.19. The number of phenols is 2. The lowest BCUT2D eigenvalue weighted by Crippen LogP contribution is -2.53. The first-order valence-electron chi connectivity index (χ1n) is 11.3. The Morgan fingerprint density at radius 1 is 1.19 bits per heavy atom. The van der Waals surface area contributed by atoms with Crippen LogP contribution in [0.4, 0.5) is 5.69 Å². The van der Waals surface area contributed by atoms with Crippen molar-refractivity contribution in [2.45, 2.75) is 52.4 Å². The summed E-state index contributed by atoms with van der Waals surface area (Å²) >= 11 is 0. The van der Waals surface area contributed by atoms with Crippen molar-refractivity contribution in [1.29, 1.82) is 0 Å². The molecule has 4 N–H and O–H groups in total. The molecule has 0 unspecified atom stereocenters. The monoisotopic (exact) mass is 439 g/mol. The summed E-state index contributed by atoms with van der Waals surface area (Å²) in [6.07, 6.45) is 8.85. The molecule has 7 nitrogen and oxygen atoms in total. The first-order valence-corrected chi connectivity index (χ1v) is 11.3. The topological polar surface area (TPSA) is 124 Å². The van der Waals surface area contributed by atoms with Crippen LogP contribution >= 0.6 is 0 Å². The lowest BCUT2D eigenvalue weighted by atomic mass is 9.47. The molecule has 1 aromatic rings. The first kappa shape index (κ1) is 21.0. The number of amides is 1. The molecule has 0 saturated heterocycles. The third-order valence-electron chi connectivity index (χ3n) is 9.09. The number of carboxylic acid groups (broad SMARTS) is 1. The van der Waals surface area contributed by atoms with Crippen LogP contribution < -0.4 is 5.32 Å². The van der Waals surface area contributed by atoms with Gasteiger partial charge in [-0.2, -0.15) is 0 Å². The van der Waals surface area contributed by atoms with Crippen LogP contribution in [-0.4, -0.2) is 33.0 Å². The number of allylic oxidation sites excluding steroid dienone is 2. The fraction of sp³-hybridized carbons (Fsp3) is 0.560. The summed E-state index contributed by atoms with van der Waals surface area (Å²) in [4.78, 5) is 37.1. The molecule has 4 fully saturated rings. The van der Waals surface area contributed by atoms with Gasteiger partial charge >= 0.3 is 5.97 Å². The van der Waals surface area contributed by atoms with E-state index in [4.69, 9.17) is 5.11 Å². The zero-order chi connectivity index (χ0) is 23.1. The maximum atomic E-state index is 13.1. The number of carboxylic acids is 1. The van der Waals surface area contributed by atoms with Crippen LogP contribution in [0.25, 0.3) is 0 Å². The van der Waals surface area contributed by atoms with Crippen LogP contribution in [0, 0.1) is 34.0 Å². The third-order valence-corrected chi connectivity index (χ3v) is 9.09. The number of aromatic hydroxyl groups is 2. The van der Waals surface area contributed by atoms with Crippen LogP contribution in [0.2, 0.25) is 0 Å². The maximum Gasteiger partial charge on any atom is 0.339 e. The van der Waals surface area contributed by atoms with Crippen molar-refractivity contribution in [3.63, 3.8) is 0 Å². The first-order chi connectivity index (χ1) is 15.0. The van der Waals surface area contributed by atoms with Crippen molar-refractivity contribution in [3.8, 4) is 11.5 Å². The zero-order valence-electron chi connectivity index (χ0n) is 18.4. The molecule has 4 bridgehead atoms. The van der Waals surface area contributed by atoms with Gasteiger partial charge in [-0.3, -0.25) is 9.59 Å². The van der Waals surface area contributed by atoms with Gasteiger partial charge in [0.15, 0.2) is 11.5 Å². The van der Waals surface area contributed by atoms with Gasteiger partial charge in [-0.05, 0) is 78.9 Å². The van der Waals surface area contributed by atoms with Gasteiger partial charge in [0, 0.05) is 11.8 Å². The Labute approximate surface area is 186 Å². The van der Waals surface area contributed by atoms with Crippen LogP contribution in [0.3, 0.4) is 0 Å². The fourth-order valence-electron chi connectivity index (χ4n) is 7.99. The number of aromatic carboxylic acids is 1. The summed E-state index contributed by atoms with van der Waals surface area (Å²) in [6.45, 7) is 4.38. The summed E-state index contributed by atoms with van der Waals surface area (Å²) in [7, 11) is 0. The molecule has 1 amide bonds. The molecule has 5 aliphatic carbocycles. The third kappa shape index (κ3) is 2.76. The van der Waals surface area contributed by atoms with Crippen molar-refractivity contribution < 1.29 is 29.7 Å². The Bertz CT molecular complexity index is 1080. The average molecular weight is 440 g/mol. The summed E-state index contributed by atoms with van der Waals surface area (Å²) in [5.41, 5.74) is -0.955.